The van der Waals surface area contributed by atoms with Crippen molar-refractivity contribution in [2.75, 3.05) is 13.7 Å². The monoisotopic (exact) mass is 410 g/mol. The first-order chi connectivity index (χ1) is 14.4. The Morgan fingerprint density at radius 3 is 2.83 bits per heavy atom. The van der Waals surface area contributed by atoms with Crippen LogP contribution in [0.4, 0.5) is 9.18 Å². The fourth-order valence-corrected chi connectivity index (χ4v) is 3.92. The van der Waals surface area contributed by atoms with Crippen LogP contribution in [-0.4, -0.2) is 41.4 Å². The van der Waals surface area contributed by atoms with Gasteiger partial charge < -0.3 is 19.4 Å². The van der Waals surface area contributed by atoms with Gasteiger partial charge in [-0.1, -0.05) is 6.07 Å². The zero-order chi connectivity index (χ0) is 21.0. The van der Waals surface area contributed by atoms with Crippen molar-refractivity contribution in [1.29, 1.82) is 0 Å². The minimum absolute atomic E-state index is 0.0460. The number of pyridine rings is 1. The Bertz CT molecular complexity index is 1210. The Morgan fingerprint density at radius 2 is 2.13 bits per heavy atom. The number of hydrogen-bond donors (Lipinski definition) is 2. The molecule has 0 spiro atoms. The maximum Gasteiger partial charge on any atom is 0.322 e. The third-order valence-electron chi connectivity index (χ3n) is 5.38. The Morgan fingerprint density at radius 1 is 1.30 bits per heavy atom. The highest BCUT2D eigenvalue weighted by Crippen LogP contribution is 2.36. The van der Waals surface area contributed by atoms with Crippen molar-refractivity contribution in [3.8, 4) is 5.75 Å². The SMILES string of the molecule is COc1ccc2c(c1F)C(=O)N(CC1(c3cc4cnccc4o3)NC(=O)NC1=O)C2. The maximum absolute atomic E-state index is 14.7. The summed E-state index contributed by atoms with van der Waals surface area (Å²) in [5.41, 5.74) is -0.830. The summed E-state index contributed by atoms with van der Waals surface area (Å²) in [7, 11) is 1.31. The number of urea groups is 1. The highest BCUT2D eigenvalue weighted by molar-refractivity contribution is 6.08. The lowest BCUT2D eigenvalue weighted by molar-refractivity contribution is -0.125. The Labute approximate surface area is 168 Å². The van der Waals surface area contributed by atoms with Crippen molar-refractivity contribution in [1.82, 2.24) is 20.5 Å². The second-order valence-electron chi connectivity index (χ2n) is 7.11. The molecule has 152 valence electrons. The molecule has 10 heteroatoms. The van der Waals surface area contributed by atoms with E-state index in [0.29, 0.717) is 16.5 Å². The van der Waals surface area contributed by atoms with Gasteiger partial charge in [0.2, 0.25) is 0 Å². The third kappa shape index (κ3) is 2.46. The number of fused-ring (bicyclic) bond motifs is 2. The third-order valence-corrected chi connectivity index (χ3v) is 5.38. The molecule has 0 aliphatic carbocycles. The van der Waals surface area contributed by atoms with E-state index >= 15 is 0 Å². The lowest BCUT2D eigenvalue weighted by Crippen LogP contribution is -2.52. The summed E-state index contributed by atoms with van der Waals surface area (Å²) in [5.74, 6) is -1.92. The number of rotatable bonds is 4. The molecule has 2 aromatic heterocycles. The molecular weight excluding hydrogens is 395 g/mol. The van der Waals surface area contributed by atoms with E-state index < -0.39 is 29.2 Å². The number of furan rings is 1. The molecule has 30 heavy (non-hydrogen) atoms. The van der Waals surface area contributed by atoms with Crippen LogP contribution >= 0.6 is 0 Å². The van der Waals surface area contributed by atoms with Crippen LogP contribution in [0.15, 0.2) is 41.1 Å². The van der Waals surface area contributed by atoms with Crippen molar-refractivity contribution in [3.63, 3.8) is 0 Å². The summed E-state index contributed by atoms with van der Waals surface area (Å²) in [6.07, 6.45) is 3.09. The molecule has 0 saturated carbocycles. The van der Waals surface area contributed by atoms with Crippen LogP contribution in [0.5, 0.6) is 5.75 Å². The number of nitrogens with one attached hydrogen (secondary N) is 2. The lowest BCUT2D eigenvalue weighted by atomic mass is 9.95. The number of amides is 4. The van der Waals surface area contributed by atoms with E-state index in [1.807, 2.05) is 0 Å². The summed E-state index contributed by atoms with van der Waals surface area (Å²) < 4.78 is 25.4. The molecule has 4 amide bonds. The summed E-state index contributed by atoms with van der Waals surface area (Å²) in [6.45, 7) is -0.172. The molecule has 1 fully saturated rings. The first kappa shape index (κ1) is 18.1. The Hall–Kier alpha value is -3.95. The molecule has 1 unspecified atom stereocenters. The number of imide groups is 1. The average molecular weight is 410 g/mol. The van der Waals surface area contributed by atoms with Crippen LogP contribution < -0.4 is 15.4 Å². The lowest BCUT2D eigenvalue weighted by Gasteiger charge is -2.29. The Balaban J connectivity index is 1.56. The quantitative estimate of drug-likeness (QED) is 0.633. The van der Waals surface area contributed by atoms with Gasteiger partial charge >= 0.3 is 6.03 Å². The summed E-state index contributed by atoms with van der Waals surface area (Å²) in [5, 5.41) is 5.41. The second-order valence-corrected chi connectivity index (χ2v) is 7.11. The van der Waals surface area contributed by atoms with Crippen LogP contribution in [0.2, 0.25) is 0 Å². The molecule has 0 radical (unpaired) electrons. The number of carbonyl (C=O) groups is 3. The molecule has 1 aromatic carbocycles. The van der Waals surface area contributed by atoms with Gasteiger partial charge in [-0.05, 0) is 23.8 Å². The number of nitrogens with zero attached hydrogens (tertiary/aromatic N) is 2. The maximum atomic E-state index is 14.7. The van der Waals surface area contributed by atoms with E-state index in [0.717, 1.165) is 0 Å². The summed E-state index contributed by atoms with van der Waals surface area (Å²) >= 11 is 0. The predicted octanol–water partition coefficient (Wildman–Crippen LogP) is 1.67. The topological polar surface area (TPSA) is 114 Å². The number of halogens is 1. The predicted molar refractivity (Wildman–Crippen MR) is 100 cm³/mol. The molecule has 2 aliphatic heterocycles. The molecule has 0 bridgehead atoms. The molecule has 2 N–H and O–H groups in total. The van der Waals surface area contributed by atoms with Crippen molar-refractivity contribution in [2.24, 2.45) is 0 Å². The number of benzene rings is 1. The number of methoxy groups -OCH3 is 1. The highest BCUT2D eigenvalue weighted by atomic mass is 19.1. The van der Waals surface area contributed by atoms with E-state index in [2.05, 4.69) is 15.6 Å². The van der Waals surface area contributed by atoms with Gasteiger partial charge in [0.25, 0.3) is 11.8 Å². The number of carbonyl (C=O) groups excluding carboxylic acids is 3. The Kier molecular flexibility index (Phi) is 3.79. The van der Waals surface area contributed by atoms with Crippen LogP contribution in [0.1, 0.15) is 21.7 Å². The molecule has 9 nitrogen and oxygen atoms in total. The standard InChI is InChI=1S/C20H15FN4O5/c1-29-13-3-2-10-8-25(17(26)15(10)16(13)21)9-20(18(27)23-19(28)24-20)14-6-11-7-22-5-4-12(11)30-14/h2-7H,8-9H2,1H3,(H2,23,24,27,28). The largest absolute Gasteiger partial charge is 0.494 e. The zero-order valence-corrected chi connectivity index (χ0v) is 15.7. The van der Waals surface area contributed by atoms with Crippen molar-refractivity contribution in [2.45, 2.75) is 12.1 Å². The minimum atomic E-state index is -1.66. The highest BCUT2D eigenvalue weighted by Gasteiger charge is 2.53. The van der Waals surface area contributed by atoms with Gasteiger partial charge in [-0.15, -0.1) is 0 Å². The number of ether oxygens (including phenoxy) is 1. The molecule has 5 rings (SSSR count). The van der Waals surface area contributed by atoms with E-state index in [-0.39, 0.29) is 30.2 Å². The minimum Gasteiger partial charge on any atom is -0.494 e. The molecule has 4 heterocycles. The molecule has 3 aromatic rings. The van der Waals surface area contributed by atoms with E-state index in [4.69, 9.17) is 9.15 Å². The zero-order valence-electron chi connectivity index (χ0n) is 15.7. The molecular formula is C20H15FN4O5. The van der Waals surface area contributed by atoms with Gasteiger partial charge in [0, 0.05) is 24.3 Å². The normalized spacial score (nSPS) is 20.5. The molecule has 1 saturated heterocycles. The fraction of sp³-hybridized carbons (Fsp3) is 0.200. The first-order valence-electron chi connectivity index (χ1n) is 9.05. The number of hydrogen-bond acceptors (Lipinski definition) is 6. The molecule has 2 aliphatic rings. The fourth-order valence-electron chi connectivity index (χ4n) is 3.92. The van der Waals surface area contributed by atoms with Gasteiger partial charge in [0.05, 0.1) is 19.2 Å². The van der Waals surface area contributed by atoms with Gasteiger partial charge in [-0.2, -0.15) is 0 Å². The smallest absolute Gasteiger partial charge is 0.322 e. The summed E-state index contributed by atoms with van der Waals surface area (Å²) in [6, 6.07) is 5.54. The van der Waals surface area contributed by atoms with Gasteiger partial charge in [0.1, 0.15) is 11.3 Å². The van der Waals surface area contributed by atoms with Crippen LogP contribution in [0.3, 0.4) is 0 Å². The first-order valence-corrected chi connectivity index (χ1v) is 9.05. The average Bonchev–Trinajstić information content (AvgIpc) is 3.37. The van der Waals surface area contributed by atoms with Crippen LogP contribution in [0.25, 0.3) is 11.0 Å². The van der Waals surface area contributed by atoms with Crippen LogP contribution in [-0.2, 0) is 16.9 Å². The van der Waals surface area contributed by atoms with E-state index in [1.165, 1.54) is 24.3 Å². The van der Waals surface area contributed by atoms with Gasteiger partial charge in [-0.25, -0.2) is 9.18 Å². The molecule has 1 atom stereocenters. The summed E-state index contributed by atoms with van der Waals surface area (Å²) in [4.78, 5) is 43.1. The second kappa shape index (κ2) is 6.28. The van der Waals surface area contributed by atoms with Crippen molar-refractivity contribution >= 4 is 28.8 Å². The van der Waals surface area contributed by atoms with Gasteiger partial charge in [0.15, 0.2) is 17.1 Å². The van der Waals surface area contributed by atoms with Gasteiger partial charge in [-0.3, -0.25) is 19.9 Å². The van der Waals surface area contributed by atoms with E-state index in [9.17, 15) is 18.8 Å². The van der Waals surface area contributed by atoms with Crippen molar-refractivity contribution < 1.29 is 27.9 Å². The van der Waals surface area contributed by atoms with Crippen molar-refractivity contribution in [3.05, 3.63) is 59.4 Å². The van der Waals surface area contributed by atoms with E-state index in [1.54, 1.807) is 24.4 Å². The number of aromatic nitrogens is 1. The van der Waals surface area contributed by atoms with Crippen LogP contribution in [0, 0.1) is 5.82 Å².